The van der Waals surface area contributed by atoms with Gasteiger partial charge in [0.2, 0.25) is 6.79 Å². The van der Waals surface area contributed by atoms with Gasteiger partial charge in [0, 0.05) is 46.6 Å². The van der Waals surface area contributed by atoms with Crippen LogP contribution in [0.3, 0.4) is 0 Å². The van der Waals surface area contributed by atoms with Gasteiger partial charge in [0.1, 0.15) is 24.0 Å². The van der Waals surface area contributed by atoms with Crippen LogP contribution in [0.2, 0.25) is 0 Å². The summed E-state index contributed by atoms with van der Waals surface area (Å²) < 4.78 is 55.5. The highest BCUT2D eigenvalue weighted by Crippen LogP contribution is 2.65. The molecule has 3 aromatic carbocycles. The number of nitrogens with one attached hydrogen (secondary N) is 1. The van der Waals surface area contributed by atoms with E-state index in [1.54, 1.807) is 51.8 Å². The molecule has 63 heavy (non-hydrogen) atoms. The number of nitriles is 1. The lowest BCUT2D eigenvalue weighted by molar-refractivity contribution is -0.157. The third kappa shape index (κ3) is 6.71. The molecule has 3 aromatic rings. The van der Waals surface area contributed by atoms with E-state index in [1.807, 2.05) is 27.7 Å². The van der Waals surface area contributed by atoms with Crippen molar-refractivity contribution in [1.82, 2.24) is 15.1 Å². The van der Waals surface area contributed by atoms with E-state index in [-0.39, 0.29) is 48.8 Å². The summed E-state index contributed by atoms with van der Waals surface area (Å²) in [6.45, 7) is 14.5. The van der Waals surface area contributed by atoms with E-state index in [4.69, 9.17) is 42.6 Å². The third-order valence-corrected chi connectivity index (χ3v) is 14.8. The van der Waals surface area contributed by atoms with Gasteiger partial charge in [0.25, 0.3) is 0 Å². The fourth-order valence-electron chi connectivity index (χ4n) is 10.9. The molecule has 336 valence electrons. The van der Waals surface area contributed by atoms with E-state index in [2.05, 4.69) is 34.3 Å². The minimum absolute atomic E-state index is 0.0249. The molecule has 4 bridgehead atoms. The highest BCUT2D eigenvalue weighted by atomic mass is 32.2. The van der Waals surface area contributed by atoms with E-state index in [9.17, 15) is 10.1 Å². The van der Waals surface area contributed by atoms with Crippen LogP contribution in [0.1, 0.15) is 96.5 Å². The SMILES string of the molecule is CCOc1c(C)c2c(c3c1[C@H]1SC[C@]4(NCCc5cc(OC(=O)OC(C)(C)C)c(OC)cc54)C(=O)OC[C@H]3N3C1[C@H]1c4c(cc(C)c(OC)c4OCC)C[C@H]([C@@H]3C#N)N1C)OCO2. The molecule has 0 aliphatic carbocycles. The van der Waals surface area contributed by atoms with E-state index >= 15 is 4.79 Å². The molecule has 10 rings (SSSR count). The Morgan fingerprint density at radius 2 is 1.71 bits per heavy atom. The Kier molecular flexibility index (Phi) is 11.1. The van der Waals surface area contributed by atoms with Crippen LogP contribution in [0.25, 0.3) is 0 Å². The molecule has 2 fully saturated rings. The Hall–Kier alpha value is -5.08. The molecular weight excluding hydrogens is 829 g/mol. The van der Waals surface area contributed by atoms with Crippen molar-refractivity contribution in [1.29, 1.82) is 5.26 Å². The molecule has 15 nitrogen and oxygen atoms in total. The summed E-state index contributed by atoms with van der Waals surface area (Å²) in [5.41, 5.74) is 5.03. The molecule has 7 heterocycles. The van der Waals surface area contributed by atoms with Crippen molar-refractivity contribution in [2.75, 3.05) is 60.2 Å². The van der Waals surface area contributed by atoms with E-state index in [0.29, 0.717) is 66.9 Å². The Balaban J connectivity index is 1.27. The number of fused-ring (bicyclic) bond motifs is 9. The molecule has 1 unspecified atom stereocenters. The highest BCUT2D eigenvalue weighted by Gasteiger charge is 2.62. The normalized spacial score (nSPS) is 26.9. The number of rotatable bonds is 7. The molecule has 7 aliphatic rings. The van der Waals surface area contributed by atoms with Crippen molar-refractivity contribution in [3.8, 4) is 46.3 Å². The molecule has 0 aromatic heterocycles. The van der Waals surface area contributed by atoms with Crippen LogP contribution in [0.15, 0.2) is 18.2 Å². The third-order valence-electron chi connectivity index (χ3n) is 13.3. The average Bonchev–Trinajstić information content (AvgIpc) is 3.73. The number of ether oxygens (including phenoxy) is 9. The van der Waals surface area contributed by atoms with Crippen molar-refractivity contribution in [2.24, 2.45) is 0 Å². The molecule has 0 radical (unpaired) electrons. The maximum Gasteiger partial charge on any atom is 0.514 e. The van der Waals surface area contributed by atoms with Gasteiger partial charge in [-0.25, -0.2) is 9.59 Å². The van der Waals surface area contributed by atoms with E-state index < -0.39 is 40.6 Å². The van der Waals surface area contributed by atoms with Gasteiger partial charge in [0.05, 0.1) is 50.8 Å². The number of hydrogen-bond donors (Lipinski definition) is 1. The van der Waals surface area contributed by atoms with Crippen LogP contribution in [0.4, 0.5) is 4.79 Å². The summed E-state index contributed by atoms with van der Waals surface area (Å²) in [4.78, 5) is 32.7. The molecule has 0 amide bonds. The lowest BCUT2D eigenvalue weighted by atomic mass is 9.71. The number of benzene rings is 3. The predicted molar refractivity (Wildman–Crippen MR) is 233 cm³/mol. The first-order valence-electron chi connectivity index (χ1n) is 21.7. The van der Waals surface area contributed by atoms with Crippen LogP contribution in [0.5, 0.6) is 40.2 Å². The zero-order valence-corrected chi connectivity index (χ0v) is 38.4. The van der Waals surface area contributed by atoms with Gasteiger partial charge in [-0.3, -0.25) is 15.1 Å². The van der Waals surface area contributed by atoms with Gasteiger partial charge in [-0.2, -0.15) is 5.26 Å². The first-order chi connectivity index (χ1) is 30.2. The predicted octanol–water partition coefficient (Wildman–Crippen LogP) is 6.76. The molecule has 1 spiro atoms. The molecule has 2 saturated heterocycles. The first kappa shape index (κ1) is 43.2. The highest BCUT2D eigenvalue weighted by molar-refractivity contribution is 7.99. The molecule has 7 atom stereocenters. The van der Waals surface area contributed by atoms with Gasteiger partial charge >= 0.3 is 12.1 Å². The first-order valence-corrected chi connectivity index (χ1v) is 22.7. The van der Waals surface area contributed by atoms with Crippen molar-refractivity contribution in [3.05, 3.63) is 62.7 Å². The number of aryl methyl sites for hydroxylation is 1. The van der Waals surface area contributed by atoms with Crippen molar-refractivity contribution >= 4 is 23.9 Å². The number of methoxy groups -OCH3 is 2. The smallest absolute Gasteiger partial charge is 0.493 e. The maximum absolute atomic E-state index is 15.1. The van der Waals surface area contributed by atoms with Gasteiger partial charge in [0.15, 0.2) is 40.0 Å². The quantitative estimate of drug-likeness (QED) is 0.196. The van der Waals surface area contributed by atoms with E-state index in [1.165, 1.54) is 7.11 Å². The average molecular weight is 885 g/mol. The summed E-state index contributed by atoms with van der Waals surface area (Å²) in [5, 5.41) is 14.5. The second kappa shape index (κ2) is 16.2. The number of thioether (sulfide) groups is 1. The number of piperazine rings is 1. The zero-order chi connectivity index (χ0) is 44.7. The molecule has 16 heteroatoms. The monoisotopic (exact) mass is 884 g/mol. The summed E-state index contributed by atoms with van der Waals surface area (Å²) in [7, 11) is 5.28. The molecular formula is C47H56N4O11S. The number of carbonyl (C=O) groups excluding carboxylic acids is 2. The molecule has 0 saturated carbocycles. The van der Waals surface area contributed by atoms with Gasteiger partial charge in [-0.1, -0.05) is 6.07 Å². The number of carbonyl (C=O) groups is 2. The van der Waals surface area contributed by atoms with Crippen LogP contribution in [-0.2, 0) is 32.6 Å². The van der Waals surface area contributed by atoms with Crippen LogP contribution >= 0.6 is 11.8 Å². The molecule has 7 aliphatic heterocycles. The summed E-state index contributed by atoms with van der Waals surface area (Å²) in [6, 6.07) is 6.35. The van der Waals surface area contributed by atoms with Crippen molar-refractivity contribution < 1.29 is 52.2 Å². The maximum atomic E-state index is 15.1. The largest absolute Gasteiger partial charge is 0.514 e. The van der Waals surface area contributed by atoms with Crippen LogP contribution < -0.4 is 38.5 Å². The number of likely N-dealkylation sites (N-methyl/N-ethyl adjacent to an activating group) is 1. The Labute approximate surface area is 372 Å². The number of esters is 1. The van der Waals surface area contributed by atoms with E-state index in [0.717, 1.165) is 38.9 Å². The summed E-state index contributed by atoms with van der Waals surface area (Å²) >= 11 is 1.62. The zero-order valence-electron chi connectivity index (χ0n) is 37.6. The second-order valence-corrected chi connectivity index (χ2v) is 19.0. The Morgan fingerprint density at radius 3 is 2.41 bits per heavy atom. The van der Waals surface area contributed by atoms with Gasteiger partial charge < -0.3 is 42.6 Å². The lowest BCUT2D eigenvalue weighted by Gasteiger charge is -2.62. The minimum atomic E-state index is -1.35. The Bertz CT molecular complexity index is 2410. The van der Waals surface area contributed by atoms with Crippen LogP contribution in [-0.4, -0.2) is 106 Å². The standard InChI is InChI=1S/C47H56N4O11S/c1-11-56-39-24(4)40-42(60-22-59-40)34-30-20-58-44(52)47(27-18-31(54-9)32(17-25(27)13-14-49-47)61-45(53)62-46(5,6)7)21-63-43(35(34)39)37-36-33-26(15-23(3)38(55-10)41(33)57-12-2)16-28(50(36)8)29(19-48)51(30)37/h15,17-18,28-30,36-37,43,49H,11-14,16,20-22H2,1-10H3/t28-,29+,30-,36-,37?,43-,47-/m1/s1. The van der Waals surface area contributed by atoms with Gasteiger partial charge in [-0.05, 0) is 103 Å². The number of nitrogens with zero attached hydrogens (tertiary/aromatic N) is 3. The van der Waals surface area contributed by atoms with Crippen molar-refractivity contribution in [3.63, 3.8) is 0 Å². The fourth-order valence-corrected chi connectivity index (χ4v) is 12.6. The number of hydrogen-bond acceptors (Lipinski definition) is 16. The topological polar surface area (TPSA) is 160 Å². The second-order valence-electron chi connectivity index (χ2n) is 17.9. The van der Waals surface area contributed by atoms with Crippen molar-refractivity contribution in [2.45, 2.75) is 108 Å². The molecule has 1 N–H and O–H groups in total. The van der Waals surface area contributed by atoms with Gasteiger partial charge in [-0.15, -0.1) is 11.8 Å². The minimum Gasteiger partial charge on any atom is -0.493 e. The fraction of sp³-hybridized carbons (Fsp3) is 0.553. The lowest BCUT2D eigenvalue weighted by Crippen LogP contribution is -2.69. The Morgan fingerprint density at radius 1 is 0.968 bits per heavy atom. The van der Waals surface area contributed by atoms with Crippen LogP contribution in [0, 0.1) is 25.2 Å². The summed E-state index contributed by atoms with van der Waals surface area (Å²) in [5.74, 6) is 3.46. The summed E-state index contributed by atoms with van der Waals surface area (Å²) in [6.07, 6.45) is 0.286.